The number of hydrogen-bond donors (Lipinski definition) is 4. The van der Waals surface area contributed by atoms with Crippen LogP contribution in [0.3, 0.4) is 0 Å². The van der Waals surface area contributed by atoms with E-state index in [2.05, 4.69) is 0 Å². The zero-order valence-corrected chi connectivity index (χ0v) is 7.21. The van der Waals surface area contributed by atoms with Crippen LogP contribution in [0, 0.1) is 0 Å². The van der Waals surface area contributed by atoms with Gasteiger partial charge in [0.25, 0.3) is 0 Å². The predicted molar refractivity (Wildman–Crippen MR) is 45.7 cm³/mol. The molecule has 0 aliphatic carbocycles. The van der Waals surface area contributed by atoms with Crippen molar-refractivity contribution in [3.63, 3.8) is 0 Å². The highest BCUT2D eigenvalue weighted by molar-refractivity contribution is 5.89. The highest BCUT2D eigenvalue weighted by Gasteiger charge is 1.88. The second kappa shape index (κ2) is 9.20. The Morgan fingerprint density at radius 1 is 1.00 bits per heavy atom. The Morgan fingerprint density at radius 3 is 1.43 bits per heavy atom. The van der Waals surface area contributed by atoms with Gasteiger partial charge in [0.2, 0.25) is 0 Å². The molecule has 0 aromatic carbocycles. The summed E-state index contributed by atoms with van der Waals surface area (Å²) in [5.74, 6) is -3.35. The van der Waals surface area contributed by atoms with E-state index in [0.717, 1.165) is 0 Å². The Kier molecular flexibility index (Phi) is 9.61. The van der Waals surface area contributed by atoms with Crippen LogP contribution in [0.15, 0.2) is 12.2 Å². The summed E-state index contributed by atoms with van der Waals surface area (Å²) in [5, 5.41) is 23.5. The molecule has 0 spiro atoms. The number of aliphatic carboxylic acids is 3. The van der Waals surface area contributed by atoms with Crippen LogP contribution >= 0.6 is 0 Å². The normalized spacial score (nSPS) is 8.93. The predicted octanol–water partition coefficient (Wildman–Crippen LogP) is -0.868. The lowest BCUT2D eigenvalue weighted by Gasteiger charge is -1.80. The van der Waals surface area contributed by atoms with Crippen molar-refractivity contribution >= 4 is 17.9 Å². The molecule has 0 aliphatic heterocycles. The van der Waals surface area contributed by atoms with Crippen LogP contribution in [0.25, 0.3) is 0 Å². The molecule has 0 aliphatic rings. The number of carboxylic acid groups (broad SMARTS) is 3. The average molecular weight is 205 g/mol. The molecule has 7 heteroatoms. The third-order valence-electron chi connectivity index (χ3n) is 0.727. The van der Waals surface area contributed by atoms with Gasteiger partial charge in [-0.3, -0.25) is 4.79 Å². The van der Waals surface area contributed by atoms with Crippen molar-refractivity contribution in [2.45, 2.75) is 6.42 Å². The number of carbonyl (C=O) groups is 3. The lowest BCUT2D eigenvalue weighted by molar-refractivity contribution is -0.137. The summed E-state index contributed by atoms with van der Waals surface area (Å²) >= 11 is 0. The first-order chi connectivity index (χ1) is 6.40. The topological polar surface area (TPSA) is 138 Å². The van der Waals surface area contributed by atoms with Crippen LogP contribution < -0.4 is 5.73 Å². The molecule has 0 heterocycles. The number of carboxylic acids is 3. The molecule has 5 N–H and O–H groups in total. The summed E-state index contributed by atoms with van der Waals surface area (Å²) in [6.07, 6.45) is 1.19. The second-order valence-corrected chi connectivity index (χ2v) is 1.94. The molecule has 0 amide bonds. The minimum Gasteiger partial charge on any atom is -0.481 e. The van der Waals surface area contributed by atoms with Crippen LogP contribution in [-0.2, 0) is 14.4 Å². The van der Waals surface area contributed by atoms with Gasteiger partial charge in [-0.2, -0.15) is 0 Å². The quantitative estimate of drug-likeness (QED) is 0.437. The van der Waals surface area contributed by atoms with Gasteiger partial charge in [0, 0.05) is 18.7 Å². The molecule has 0 unspecified atom stereocenters. The van der Waals surface area contributed by atoms with Gasteiger partial charge in [-0.25, -0.2) is 9.59 Å². The summed E-state index contributed by atoms with van der Waals surface area (Å²) in [6.45, 7) is 0.231. The van der Waals surface area contributed by atoms with Crippen LogP contribution in [0.1, 0.15) is 6.42 Å². The number of hydrogen-bond acceptors (Lipinski definition) is 4. The largest absolute Gasteiger partial charge is 0.481 e. The summed E-state index contributed by atoms with van der Waals surface area (Å²) in [6, 6.07) is 0. The molecule has 0 aromatic rings. The molecular weight excluding hydrogens is 194 g/mol. The van der Waals surface area contributed by atoms with E-state index < -0.39 is 17.9 Å². The molecule has 0 bridgehead atoms. The smallest absolute Gasteiger partial charge is 0.328 e. The summed E-state index contributed by atoms with van der Waals surface area (Å²) in [7, 11) is 0. The maximum Gasteiger partial charge on any atom is 0.328 e. The number of rotatable bonds is 4. The van der Waals surface area contributed by atoms with Gasteiger partial charge in [0.05, 0.1) is 6.42 Å². The summed E-state index contributed by atoms with van der Waals surface area (Å²) < 4.78 is 0. The average Bonchev–Trinajstić information content (AvgIpc) is 2.01. The minimum absolute atomic E-state index is 0.0694. The van der Waals surface area contributed by atoms with Gasteiger partial charge < -0.3 is 21.1 Å². The van der Waals surface area contributed by atoms with E-state index in [1.807, 2.05) is 0 Å². The first-order valence-corrected chi connectivity index (χ1v) is 3.46. The molecule has 0 fully saturated rings. The molecule has 0 saturated heterocycles. The fourth-order valence-electron chi connectivity index (χ4n) is 0.266. The van der Waals surface area contributed by atoms with Gasteiger partial charge >= 0.3 is 17.9 Å². The van der Waals surface area contributed by atoms with Gasteiger partial charge in [0.15, 0.2) is 0 Å². The van der Waals surface area contributed by atoms with Crippen molar-refractivity contribution in [1.82, 2.24) is 0 Å². The van der Waals surface area contributed by atoms with Gasteiger partial charge in [-0.05, 0) is 0 Å². The minimum atomic E-state index is -1.26. The van der Waals surface area contributed by atoms with E-state index in [4.69, 9.17) is 21.1 Å². The molecular formula is C7H11NO6. The lowest BCUT2D eigenvalue weighted by Crippen LogP contribution is -2.05. The molecule has 0 atom stereocenters. The van der Waals surface area contributed by atoms with Crippen molar-refractivity contribution in [2.24, 2.45) is 5.73 Å². The van der Waals surface area contributed by atoms with E-state index in [-0.39, 0.29) is 13.0 Å². The summed E-state index contributed by atoms with van der Waals surface area (Å²) in [4.78, 5) is 28.6. The van der Waals surface area contributed by atoms with Gasteiger partial charge in [0.1, 0.15) is 0 Å². The van der Waals surface area contributed by atoms with E-state index in [9.17, 15) is 14.4 Å². The fourth-order valence-corrected chi connectivity index (χ4v) is 0.266. The molecule has 14 heavy (non-hydrogen) atoms. The molecule has 0 aromatic heterocycles. The Hall–Kier alpha value is -1.89. The van der Waals surface area contributed by atoms with Gasteiger partial charge in [-0.1, -0.05) is 0 Å². The SMILES string of the molecule is NCCC(=O)O.O=C(O)/C=C/C(=O)O. The summed E-state index contributed by atoms with van der Waals surface area (Å²) in [5.41, 5.74) is 4.85. The third kappa shape index (κ3) is 22.5. The van der Waals surface area contributed by atoms with E-state index in [1.54, 1.807) is 0 Å². The van der Waals surface area contributed by atoms with E-state index >= 15 is 0 Å². The Labute approximate surface area is 79.5 Å². The lowest BCUT2D eigenvalue weighted by atomic mass is 10.5. The standard InChI is InChI=1S/C4H4O4.C3H7NO2/c5-3(6)1-2-4(7)8;4-2-1-3(5)6/h1-2H,(H,5,6)(H,7,8);1-2,4H2,(H,5,6)/b2-1+;. The highest BCUT2D eigenvalue weighted by atomic mass is 16.4. The monoisotopic (exact) mass is 205 g/mol. The van der Waals surface area contributed by atoms with Crippen molar-refractivity contribution in [2.75, 3.05) is 6.54 Å². The Balaban J connectivity index is 0. The van der Waals surface area contributed by atoms with Crippen molar-refractivity contribution in [1.29, 1.82) is 0 Å². The molecule has 0 saturated carbocycles. The second-order valence-electron chi connectivity index (χ2n) is 1.94. The maximum absolute atomic E-state index is 9.55. The Bertz CT molecular complexity index is 218. The zero-order valence-electron chi connectivity index (χ0n) is 7.21. The highest BCUT2D eigenvalue weighted by Crippen LogP contribution is 1.70. The van der Waals surface area contributed by atoms with Crippen LogP contribution in [0.5, 0.6) is 0 Å². The Morgan fingerprint density at radius 2 is 1.36 bits per heavy atom. The third-order valence-corrected chi connectivity index (χ3v) is 0.727. The van der Waals surface area contributed by atoms with Crippen molar-refractivity contribution < 1.29 is 29.7 Å². The molecule has 7 nitrogen and oxygen atoms in total. The zero-order chi connectivity index (χ0) is 11.6. The first-order valence-electron chi connectivity index (χ1n) is 3.46. The molecule has 0 rings (SSSR count). The number of nitrogens with two attached hydrogens (primary N) is 1. The molecule has 80 valence electrons. The van der Waals surface area contributed by atoms with Crippen molar-refractivity contribution in [3.05, 3.63) is 12.2 Å². The molecule has 0 radical (unpaired) electrons. The maximum atomic E-state index is 9.55. The van der Waals surface area contributed by atoms with Crippen LogP contribution in [0.2, 0.25) is 0 Å². The van der Waals surface area contributed by atoms with Crippen LogP contribution in [0.4, 0.5) is 0 Å². The van der Waals surface area contributed by atoms with Crippen LogP contribution in [-0.4, -0.2) is 39.8 Å². The fraction of sp³-hybridized carbons (Fsp3) is 0.286. The van der Waals surface area contributed by atoms with Crippen molar-refractivity contribution in [3.8, 4) is 0 Å². The van der Waals surface area contributed by atoms with E-state index in [1.165, 1.54) is 0 Å². The van der Waals surface area contributed by atoms with Gasteiger partial charge in [-0.15, -0.1) is 0 Å². The van der Waals surface area contributed by atoms with E-state index in [0.29, 0.717) is 12.2 Å². The first kappa shape index (κ1) is 14.6.